The van der Waals surface area contributed by atoms with Gasteiger partial charge in [0.25, 0.3) is 0 Å². The largest absolute Gasteiger partial charge is 0.469 e. The topological polar surface area (TPSA) is 215 Å². The summed E-state index contributed by atoms with van der Waals surface area (Å²) in [6, 6.07) is 2.03. The third-order valence-corrected chi connectivity index (χ3v) is 46.3. The van der Waals surface area contributed by atoms with E-state index in [1.165, 1.54) is 26.0 Å². The Kier molecular flexibility index (Phi) is 49.4. The molecule has 0 N–H and O–H groups in total. The summed E-state index contributed by atoms with van der Waals surface area (Å²) in [7, 11) is -23.9. The van der Waals surface area contributed by atoms with Crippen molar-refractivity contribution >= 4 is 131 Å². The van der Waals surface area contributed by atoms with Gasteiger partial charge in [0.1, 0.15) is 0 Å². The lowest BCUT2D eigenvalue weighted by Crippen LogP contribution is -2.60. The van der Waals surface area contributed by atoms with Crippen LogP contribution in [0.1, 0.15) is 86.5 Å². The maximum absolute atomic E-state index is 11.6. The molecule has 0 saturated heterocycles. The van der Waals surface area contributed by atoms with Crippen molar-refractivity contribution in [2.45, 2.75) is 281 Å². The Morgan fingerprint density at radius 1 is 0.316 bits per heavy atom. The first kappa shape index (κ1) is 102. The Hall–Kier alpha value is -1.71. The fourth-order valence-corrected chi connectivity index (χ4v) is 51.7. The Balaban J connectivity index is -0.000000373. The molecule has 31 heteroatoms. The lowest BCUT2D eigenvalue weighted by atomic mass is 10.1. The maximum atomic E-state index is 11.6. The van der Waals surface area contributed by atoms with Gasteiger partial charge in [-0.25, -0.2) is 24.0 Å². The second-order valence-corrected chi connectivity index (χ2v) is 83.9. The SMILES string of the molecule is C=C(C)C(=O)OC.C=C(C)C(=O)OCCC[Si](O[Si](C)(C)C)(O[Si](C)(C)C)O[Si](C)(C)C.C=C(C)C(=O)OCCC[Si](O[Si](C)(C)C)(O[Si](C)(C)C)O[Si](C)(C)C.C=C(C)C(=O)OCCC[Si](O[Si](C)(C)C)(O[Si](C)(C)C)O[Si](C)(C)C.C=CC(=O)OCCCCCC(C)C. The van der Waals surface area contributed by atoms with Gasteiger partial charge in [0, 0.05) is 46.5 Å². The lowest BCUT2D eigenvalue weighted by Gasteiger charge is -2.43. The van der Waals surface area contributed by atoms with Crippen LogP contribution in [0.2, 0.25) is 195 Å². The van der Waals surface area contributed by atoms with Gasteiger partial charge < -0.3 is 60.7 Å². The van der Waals surface area contributed by atoms with E-state index < -0.39 is 101 Å². The number of carbonyl (C=O) groups is 5. The molecule has 0 aliphatic heterocycles. The number of ether oxygens (including phenoxy) is 5. The zero-order valence-corrected chi connectivity index (χ0v) is 78.8. The van der Waals surface area contributed by atoms with Gasteiger partial charge in [-0.3, -0.25) is 0 Å². The van der Waals surface area contributed by atoms with E-state index in [1.807, 2.05) is 0 Å². The fraction of sp³-hybridized carbons (Fsp3) is 0.766. The highest BCUT2D eigenvalue weighted by Gasteiger charge is 2.52. The van der Waals surface area contributed by atoms with Crippen LogP contribution >= 0.6 is 0 Å². The Bertz CT molecular complexity index is 2000. The number of esters is 5. The van der Waals surface area contributed by atoms with E-state index in [1.54, 1.807) is 27.7 Å². The van der Waals surface area contributed by atoms with E-state index in [2.05, 4.69) is 228 Å². The summed E-state index contributed by atoms with van der Waals surface area (Å²) in [5, 5.41) is 0. The molecule has 0 spiro atoms. The molecule has 95 heavy (non-hydrogen) atoms. The normalized spacial score (nSPS) is 12.7. The highest BCUT2D eigenvalue weighted by molar-refractivity contribution is 6.92. The number of methoxy groups -OCH3 is 1. The van der Waals surface area contributed by atoms with Gasteiger partial charge in [-0.05, 0) is 236 Å². The van der Waals surface area contributed by atoms with Crippen LogP contribution < -0.4 is 0 Å². The molecule has 0 rings (SSSR count). The molecule has 0 aromatic rings. The first-order valence-corrected chi connectivity index (χ1v) is 70.0. The molecule has 560 valence electrons. The number of hydrogen-bond donors (Lipinski definition) is 0. The van der Waals surface area contributed by atoms with Crippen molar-refractivity contribution in [3.63, 3.8) is 0 Å². The summed E-state index contributed by atoms with van der Waals surface area (Å²) >= 11 is 0. The summed E-state index contributed by atoms with van der Waals surface area (Å²) in [5.74, 6) is -0.943. The maximum Gasteiger partial charge on any atom is 0.469 e. The molecule has 0 aromatic carbocycles. The number of hydrogen-bond acceptors (Lipinski definition) is 19. The number of unbranched alkanes of at least 4 members (excludes halogenated alkanes) is 2. The Morgan fingerprint density at radius 2 is 0.516 bits per heavy atom. The molecule has 0 atom stereocenters. The van der Waals surface area contributed by atoms with Crippen LogP contribution in [-0.2, 0) is 84.7 Å². The van der Waals surface area contributed by atoms with Gasteiger partial charge in [0.2, 0.25) is 0 Å². The third-order valence-electron chi connectivity index (χ3n) is 10.2. The third kappa shape index (κ3) is 67.9. The predicted octanol–water partition coefficient (Wildman–Crippen LogP) is 18.6. The van der Waals surface area contributed by atoms with E-state index in [9.17, 15) is 24.0 Å². The Labute approximate surface area is 593 Å². The molecule has 0 aromatic heterocycles. The molecule has 19 nitrogen and oxygen atoms in total. The summed E-state index contributed by atoms with van der Waals surface area (Å²) in [6.45, 7) is 88.4. The minimum Gasteiger partial charge on any atom is -0.466 e. The smallest absolute Gasteiger partial charge is 0.466 e. The minimum absolute atomic E-state index is 0.316. The minimum atomic E-state index is -2.83. The van der Waals surface area contributed by atoms with Crippen molar-refractivity contribution in [1.82, 2.24) is 0 Å². The molecular weight excluding hydrogens is 1410 g/mol. The molecule has 0 unspecified atom stereocenters. The van der Waals surface area contributed by atoms with Crippen molar-refractivity contribution in [3.8, 4) is 0 Å². The van der Waals surface area contributed by atoms with Crippen LogP contribution in [0, 0.1) is 5.92 Å². The zero-order valence-electron chi connectivity index (χ0n) is 66.8. The van der Waals surface area contributed by atoms with Crippen molar-refractivity contribution in [2.75, 3.05) is 33.5 Å². The molecule has 0 aliphatic rings. The van der Waals surface area contributed by atoms with Crippen LogP contribution in [0.3, 0.4) is 0 Å². The van der Waals surface area contributed by atoms with E-state index in [0.717, 1.165) is 18.8 Å². The highest BCUT2D eigenvalue weighted by Crippen LogP contribution is 2.33. The van der Waals surface area contributed by atoms with E-state index in [4.69, 9.17) is 56.0 Å². The second-order valence-electron chi connectivity index (χ2n) is 32.9. The van der Waals surface area contributed by atoms with Crippen LogP contribution in [0.25, 0.3) is 0 Å². The van der Waals surface area contributed by atoms with Gasteiger partial charge >= 0.3 is 56.3 Å². The predicted molar refractivity (Wildman–Crippen MR) is 424 cm³/mol. The standard InChI is InChI=1S/3C16H38O5Si4.C11H20O2.C5H8O2/c3*1-15(2)16(17)18-13-12-14-25(19-22(3,4)5,20-23(6,7)8)21-24(9,10)11;1-4-11(12)13-9-7-5-6-8-10(2)3;1-4(2)5(6)7-3/h3*1,12-14H2,2-11H3;4,10H,1,5-9H2,2-3H3;1H2,2-3H3. The van der Waals surface area contributed by atoms with Crippen LogP contribution in [0.5, 0.6) is 0 Å². The first-order valence-electron chi connectivity index (χ1n) is 33.5. The highest BCUT2D eigenvalue weighted by atomic mass is 28.5. The molecular formula is C64H142O19Si12. The van der Waals surface area contributed by atoms with Gasteiger partial charge in [-0.2, -0.15) is 0 Å². The van der Waals surface area contributed by atoms with Crippen molar-refractivity contribution in [1.29, 1.82) is 0 Å². The molecule has 0 bridgehead atoms. The first-order chi connectivity index (χ1) is 42.2. The summed E-state index contributed by atoms with van der Waals surface area (Å²) in [5.41, 5.74) is 1.68. The van der Waals surface area contributed by atoms with Gasteiger partial charge in [-0.1, -0.05) is 66.0 Å². The van der Waals surface area contributed by atoms with Crippen LogP contribution in [-0.4, -0.2) is 165 Å². The monoisotopic (exact) mass is 1550 g/mol. The summed E-state index contributed by atoms with van der Waals surface area (Å²) in [6.07, 6.45) is 7.81. The number of rotatable bonds is 41. The van der Waals surface area contributed by atoms with Crippen molar-refractivity contribution in [3.05, 3.63) is 61.3 Å². The molecule has 0 heterocycles. The van der Waals surface area contributed by atoms with Gasteiger partial charge in [0.05, 0.1) is 33.5 Å². The lowest BCUT2D eigenvalue weighted by molar-refractivity contribution is -0.139. The molecule has 0 amide bonds. The van der Waals surface area contributed by atoms with Crippen LogP contribution in [0.4, 0.5) is 0 Å². The molecule has 0 fully saturated rings. The Morgan fingerprint density at radius 3 is 0.663 bits per heavy atom. The summed E-state index contributed by atoms with van der Waals surface area (Å²) < 4.78 is 84.0. The summed E-state index contributed by atoms with van der Waals surface area (Å²) in [4.78, 5) is 55.5. The van der Waals surface area contributed by atoms with Crippen molar-refractivity contribution in [2.24, 2.45) is 5.92 Å². The van der Waals surface area contributed by atoms with Crippen molar-refractivity contribution < 1.29 is 84.7 Å². The molecule has 0 radical (unpaired) electrons. The quantitative estimate of drug-likeness (QED) is 0.0183. The van der Waals surface area contributed by atoms with E-state index in [0.29, 0.717) is 86.1 Å². The zero-order chi connectivity index (χ0) is 76.3. The molecule has 0 saturated carbocycles. The van der Waals surface area contributed by atoms with E-state index >= 15 is 0 Å². The fourth-order valence-electron chi connectivity index (χ4n) is 7.81. The van der Waals surface area contributed by atoms with Crippen LogP contribution in [0.15, 0.2) is 61.3 Å². The van der Waals surface area contributed by atoms with Gasteiger partial charge in [-0.15, -0.1) is 0 Å². The van der Waals surface area contributed by atoms with E-state index in [-0.39, 0.29) is 29.8 Å². The number of carbonyl (C=O) groups excluding carboxylic acids is 5. The average Bonchev–Trinajstić information content (AvgIpc) is 0.824. The molecule has 0 aliphatic carbocycles. The second kappa shape index (κ2) is 46.0. The average molecular weight is 1550 g/mol. The van der Waals surface area contributed by atoms with Gasteiger partial charge in [0.15, 0.2) is 74.9 Å².